The Morgan fingerprint density at radius 2 is 0.438 bits per heavy atom. The van der Waals surface area contributed by atoms with Crippen LogP contribution in [0.3, 0.4) is 0 Å². The van der Waals surface area contributed by atoms with Crippen molar-refractivity contribution in [2.24, 2.45) is 0 Å². The van der Waals surface area contributed by atoms with Gasteiger partial charge in [0.05, 0.1) is 22.4 Å². The number of hydrogen-bond acceptors (Lipinski definition) is 3. The molecule has 0 N–H and O–H groups in total. The maximum absolute atomic E-state index is 2.42. The average molecular weight is 1670 g/mol. The molecule has 1 aliphatic heterocycles. The van der Waals surface area contributed by atoms with Crippen LogP contribution in [-0.4, -0.2) is 4.57 Å². The van der Waals surface area contributed by atoms with Gasteiger partial charge in [-0.15, -0.1) is 0 Å². The monoisotopic (exact) mass is 1670 g/mol. The van der Waals surface area contributed by atoms with Gasteiger partial charge >= 0.3 is 0 Å². The van der Waals surface area contributed by atoms with E-state index >= 15 is 0 Å². The number of para-hydroxylation sites is 4. The van der Waals surface area contributed by atoms with Gasteiger partial charge in [0.25, 0.3) is 0 Å². The number of anilines is 9. The van der Waals surface area contributed by atoms with Gasteiger partial charge in [0.15, 0.2) is 0 Å². The predicted molar refractivity (Wildman–Crippen MR) is 552 cm³/mol. The van der Waals surface area contributed by atoms with Crippen LogP contribution in [0.15, 0.2) is 522 Å². The van der Waals surface area contributed by atoms with Crippen LogP contribution >= 0.6 is 0 Å². The van der Waals surface area contributed by atoms with Crippen LogP contribution in [0, 0.1) is 0 Å². The number of rotatable bonds is 15. The Morgan fingerprint density at radius 1 is 0.169 bits per heavy atom. The van der Waals surface area contributed by atoms with Crippen molar-refractivity contribution in [1.29, 1.82) is 0 Å². The summed E-state index contributed by atoms with van der Waals surface area (Å²) in [4.78, 5) is 7.07. The fraction of sp³-hybridized carbons (Fsp3) is 0.0476. The lowest BCUT2D eigenvalue weighted by Crippen LogP contribution is -2.30. The summed E-state index contributed by atoms with van der Waals surface area (Å²) < 4.78 is 2.37. The molecule has 622 valence electrons. The topological polar surface area (TPSA) is 14.7 Å². The average Bonchev–Trinajstić information content (AvgIpc) is 1.58. The van der Waals surface area contributed by atoms with E-state index in [1.165, 1.54) is 162 Å². The first-order valence-corrected chi connectivity index (χ1v) is 44.9. The first-order chi connectivity index (χ1) is 64.0. The third kappa shape index (κ3) is 16.7. The minimum Gasteiger partial charge on any atom is -0.311 e. The fourth-order valence-electron chi connectivity index (χ4n) is 18.9. The summed E-state index contributed by atoms with van der Waals surface area (Å²) in [7, 11) is 0. The molecular formula is C126H98N4. The highest BCUT2D eigenvalue weighted by atomic mass is 15.2. The number of aromatic nitrogens is 1. The fourth-order valence-corrected chi connectivity index (χ4v) is 18.9. The molecule has 4 heteroatoms. The molecule has 2 heterocycles. The molecule has 2 aliphatic rings. The zero-order valence-electron chi connectivity index (χ0n) is 73.4. The third-order valence-electron chi connectivity index (χ3n) is 25.6. The molecule has 0 saturated heterocycles. The molecule has 0 atom stereocenters. The van der Waals surface area contributed by atoms with E-state index in [9.17, 15) is 0 Å². The Morgan fingerprint density at radius 3 is 0.846 bits per heavy atom. The number of hydrogen-bond donors (Lipinski definition) is 0. The molecule has 21 aromatic rings. The van der Waals surface area contributed by atoms with Crippen molar-refractivity contribution in [2.45, 2.75) is 38.5 Å². The lowest BCUT2D eigenvalue weighted by molar-refractivity contribution is 0.632. The van der Waals surface area contributed by atoms with Gasteiger partial charge in [0.2, 0.25) is 0 Å². The highest BCUT2D eigenvalue weighted by molar-refractivity contribution is 6.12. The van der Waals surface area contributed by atoms with Crippen molar-refractivity contribution in [3.8, 4) is 94.7 Å². The molecule has 0 unspecified atom stereocenters. The Labute approximate surface area is 764 Å². The molecule has 0 amide bonds. The van der Waals surface area contributed by atoms with Crippen LogP contribution in [0.25, 0.3) is 117 Å². The van der Waals surface area contributed by atoms with Crippen molar-refractivity contribution >= 4 is 73.0 Å². The number of benzene rings is 20. The number of nitrogens with zero attached hydrogens (tertiary/aromatic N) is 4. The highest BCUT2D eigenvalue weighted by Gasteiger charge is 2.38. The standard InChI is InChI=1S/2C33H27N.C30H21N.C30H23N/c1-33(2)29-15-9-10-16-31(29)34(28-20-17-26(18-21-28)24-11-5-3-6-12-24)32-22-19-27(23-30(32)33)25-13-7-4-8-14-25;1-33(2)31-16-10-9-15-29(31)30-22-21-28(23-32(30)33)34(26-13-7-4-8-14-26)27-19-17-25(18-20-27)24-11-5-3-6-12-24;1-4-10-22(11-5-1)24-16-18-29-27(20-24)28-21-25(23-12-6-2-7-13-23)17-19-30(28)31(29)26-14-8-3-9-15-26;1-4-10-24(11-5-1)26-16-20-29(21-17-26)31(28-14-8-3-9-15-28)30-22-18-27(19-23-30)25-12-6-2-7-13-25/h2*3-23H,1-2H3;1-21H;1-23H. The molecule has 0 bridgehead atoms. The normalized spacial score (nSPS) is 12.3. The van der Waals surface area contributed by atoms with E-state index < -0.39 is 0 Å². The lowest BCUT2D eigenvalue weighted by Gasteiger charge is -2.42. The van der Waals surface area contributed by atoms with Gasteiger partial charge in [-0.3, -0.25) is 0 Å². The molecule has 0 radical (unpaired) electrons. The van der Waals surface area contributed by atoms with Crippen molar-refractivity contribution in [3.63, 3.8) is 0 Å². The molecule has 1 aliphatic carbocycles. The molecule has 130 heavy (non-hydrogen) atoms. The summed E-state index contributed by atoms with van der Waals surface area (Å²) in [5.41, 5.74) is 39.6. The summed E-state index contributed by atoms with van der Waals surface area (Å²) >= 11 is 0. The molecule has 0 spiro atoms. The van der Waals surface area contributed by atoms with Crippen LogP contribution in [0.1, 0.15) is 49.9 Å². The molecule has 23 rings (SSSR count). The van der Waals surface area contributed by atoms with Crippen molar-refractivity contribution in [3.05, 3.63) is 544 Å². The van der Waals surface area contributed by atoms with Gasteiger partial charge in [-0.25, -0.2) is 0 Å². The van der Waals surface area contributed by atoms with Gasteiger partial charge in [-0.2, -0.15) is 0 Å². The van der Waals surface area contributed by atoms with Crippen molar-refractivity contribution in [2.75, 3.05) is 14.7 Å². The molecule has 1 aromatic heterocycles. The van der Waals surface area contributed by atoms with Gasteiger partial charge in [0.1, 0.15) is 0 Å². The third-order valence-corrected chi connectivity index (χ3v) is 25.6. The maximum atomic E-state index is 2.42. The maximum Gasteiger partial charge on any atom is 0.0541 e. The van der Waals surface area contributed by atoms with E-state index in [4.69, 9.17) is 0 Å². The van der Waals surface area contributed by atoms with E-state index in [1.54, 1.807) is 0 Å². The summed E-state index contributed by atoms with van der Waals surface area (Å²) in [5, 5.41) is 2.55. The van der Waals surface area contributed by atoms with Crippen LogP contribution in [0.2, 0.25) is 0 Å². The Kier molecular flexibility index (Phi) is 23.1. The zero-order chi connectivity index (χ0) is 87.8. The SMILES string of the molecule is CC1(C)c2ccccc2-c2ccc(N(c3ccccc3)c3ccc(-c4ccccc4)cc3)cc21.CC1(C)c2ccccc2N(c2ccc(-c3ccccc3)cc2)c2ccc(-c3ccccc3)cc21.c1ccc(-c2ccc(N(c3ccccc3)c3ccc(-c4ccccc4)cc3)cc2)cc1.c1ccc(-c2ccc3c(c2)c2cc(-c4ccccc4)ccc2n3-c2ccccc2)cc1. The lowest BCUT2D eigenvalue weighted by atomic mass is 9.73. The molecule has 20 aromatic carbocycles. The second kappa shape index (κ2) is 36.7. The predicted octanol–water partition coefficient (Wildman–Crippen LogP) is 34.9. The van der Waals surface area contributed by atoms with E-state index in [2.05, 4.69) is 557 Å². The van der Waals surface area contributed by atoms with Gasteiger partial charge in [0, 0.05) is 67.1 Å². The van der Waals surface area contributed by atoms with Crippen LogP contribution in [0.5, 0.6) is 0 Å². The zero-order valence-corrected chi connectivity index (χ0v) is 73.4. The smallest absolute Gasteiger partial charge is 0.0541 e. The van der Waals surface area contributed by atoms with E-state index in [0.29, 0.717) is 0 Å². The van der Waals surface area contributed by atoms with Crippen LogP contribution in [0.4, 0.5) is 51.2 Å². The van der Waals surface area contributed by atoms with Gasteiger partial charge in [-0.05, 0) is 251 Å². The van der Waals surface area contributed by atoms with Gasteiger partial charge in [-0.1, -0.05) is 410 Å². The minimum atomic E-state index is -0.100. The Balaban J connectivity index is 0.000000109. The van der Waals surface area contributed by atoms with E-state index in [0.717, 1.165) is 28.4 Å². The van der Waals surface area contributed by atoms with E-state index in [1.807, 2.05) is 12.1 Å². The summed E-state index contributed by atoms with van der Waals surface area (Å²) in [6, 6.07) is 186. The summed E-state index contributed by atoms with van der Waals surface area (Å²) in [6.45, 7) is 9.36. The first kappa shape index (κ1) is 81.9. The molecular weight excluding hydrogens is 1570 g/mol. The van der Waals surface area contributed by atoms with Crippen molar-refractivity contribution in [1.82, 2.24) is 4.57 Å². The van der Waals surface area contributed by atoms with Gasteiger partial charge < -0.3 is 19.3 Å². The summed E-state index contributed by atoms with van der Waals surface area (Å²) in [5.74, 6) is 0. The molecule has 0 fully saturated rings. The molecule has 4 nitrogen and oxygen atoms in total. The quantitative estimate of drug-likeness (QED) is 0.102. The minimum absolute atomic E-state index is 0.0263. The second-order valence-electron chi connectivity index (χ2n) is 34.3. The van der Waals surface area contributed by atoms with Crippen molar-refractivity contribution < 1.29 is 0 Å². The first-order valence-electron chi connectivity index (χ1n) is 44.9. The largest absolute Gasteiger partial charge is 0.311 e. The Hall–Kier alpha value is -16.4. The summed E-state index contributed by atoms with van der Waals surface area (Å²) in [6.07, 6.45) is 0. The molecule has 0 saturated carbocycles. The highest BCUT2D eigenvalue weighted by Crippen LogP contribution is 2.54. The Bertz CT molecular complexity index is 7240. The van der Waals surface area contributed by atoms with Crippen LogP contribution in [-0.2, 0) is 10.8 Å². The number of fused-ring (bicyclic) bond motifs is 8. The second-order valence-corrected chi connectivity index (χ2v) is 34.3. The van der Waals surface area contributed by atoms with E-state index in [-0.39, 0.29) is 10.8 Å². The van der Waals surface area contributed by atoms with Crippen LogP contribution < -0.4 is 14.7 Å².